The summed E-state index contributed by atoms with van der Waals surface area (Å²) in [5.41, 5.74) is 8.53. The van der Waals surface area contributed by atoms with Crippen molar-refractivity contribution in [3.63, 3.8) is 0 Å². The summed E-state index contributed by atoms with van der Waals surface area (Å²) in [6.07, 6.45) is 0. The molecule has 0 heterocycles. The van der Waals surface area contributed by atoms with Crippen LogP contribution in [0.25, 0.3) is 0 Å². The number of carbonyl (C=O) groups is 1. The third-order valence-electron chi connectivity index (χ3n) is 2.81. The molecule has 0 saturated carbocycles. The van der Waals surface area contributed by atoms with Crippen molar-refractivity contribution in [1.29, 1.82) is 0 Å². The van der Waals surface area contributed by atoms with Crippen molar-refractivity contribution >= 4 is 44.8 Å². The molecule has 2 aromatic carbocycles. The summed E-state index contributed by atoms with van der Waals surface area (Å²) in [5.74, 6) is -0.203. The Morgan fingerprint density at radius 1 is 1.32 bits per heavy atom. The predicted molar refractivity (Wildman–Crippen MR) is 82.7 cm³/mol. The number of carbonyl (C=O) groups excluding carboxylic acids is 1. The number of amides is 1. The van der Waals surface area contributed by atoms with E-state index in [-0.39, 0.29) is 5.91 Å². The van der Waals surface area contributed by atoms with Gasteiger partial charge < -0.3 is 11.1 Å². The molecule has 0 radical (unpaired) electrons. The second-order valence-electron chi connectivity index (χ2n) is 4.10. The normalized spacial score (nSPS) is 10.3. The van der Waals surface area contributed by atoms with Crippen LogP contribution in [0.2, 0.25) is 5.02 Å². The van der Waals surface area contributed by atoms with Crippen LogP contribution < -0.4 is 11.1 Å². The molecule has 3 nitrogen and oxygen atoms in total. The van der Waals surface area contributed by atoms with E-state index >= 15 is 0 Å². The van der Waals surface area contributed by atoms with Gasteiger partial charge in [0, 0.05) is 21.4 Å². The number of nitrogens with one attached hydrogen (secondary N) is 1. The van der Waals surface area contributed by atoms with Gasteiger partial charge in [0.25, 0.3) is 5.91 Å². The Morgan fingerprint density at radius 2 is 2.05 bits per heavy atom. The number of nitrogens with two attached hydrogens (primary N) is 1. The first kappa shape index (κ1) is 13.9. The molecule has 0 aliphatic carbocycles. The standard InChI is InChI=1S/C14H12BrClN2O/c1-8-12(17)3-2-4-13(8)18-14(19)9-5-6-11(16)10(15)7-9/h2-7H,17H2,1H3,(H,18,19). The Bertz CT molecular complexity index is 643. The van der Waals surface area contributed by atoms with E-state index in [0.29, 0.717) is 26.4 Å². The molecule has 0 aromatic heterocycles. The molecule has 5 heteroatoms. The topological polar surface area (TPSA) is 55.1 Å². The van der Waals surface area contributed by atoms with Crippen LogP contribution in [0.4, 0.5) is 11.4 Å². The molecule has 19 heavy (non-hydrogen) atoms. The van der Waals surface area contributed by atoms with Gasteiger partial charge in [-0.2, -0.15) is 0 Å². The number of hydrogen-bond donors (Lipinski definition) is 2. The third-order valence-corrected chi connectivity index (χ3v) is 4.02. The highest BCUT2D eigenvalue weighted by Gasteiger charge is 2.10. The van der Waals surface area contributed by atoms with Crippen LogP contribution in [-0.4, -0.2) is 5.91 Å². The second-order valence-corrected chi connectivity index (χ2v) is 5.36. The van der Waals surface area contributed by atoms with Crippen LogP contribution in [0.15, 0.2) is 40.9 Å². The van der Waals surface area contributed by atoms with Gasteiger partial charge in [0.2, 0.25) is 0 Å². The van der Waals surface area contributed by atoms with E-state index in [2.05, 4.69) is 21.2 Å². The maximum absolute atomic E-state index is 12.1. The van der Waals surface area contributed by atoms with Gasteiger partial charge in [0.15, 0.2) is 0 Å². The van der Waals surface area contributed by atoms with Crippen molar-refractivity contribution in [3.05, 3.63) is 57.0 Å². The van der Waals surface area contributed by atoms with Crippen molar-refractivity contribution in [2.24, 2.45) is 0 Å². The molecule has 2 aromatic rings. The number of nitrogen functional groups attached to an aromatic ring is 1. The fourth-order valence-corrected chi connectivity index (χ4v) is 2.12. The van der Waals surface area contributed by atoms with Gasteiger partial charge in [0.1, 0.15) is 0 Å². The molecule has 0 bridgehead atoms. The van der Waals surface area contributed by atoms with Crippen LogP contribution >= 0.6 is 27.5 Å². The molecule has 2 rings (SSSR count). The maximum Gasteiger partial charge on any atom is 0.255 e. The van der Waals surface area contributed by atoms with Crippen molar-refractivity contribution in [2.45, 2.75) is 6.92 Å². The van der Waals surface area contributed by atoms with Gasteiger partial charge in [-0.3, -0.25) is 4.79 Å². The van der Waals surface area contributed by atoms with Crippen molar-refractivity contribution in [3.8, 4) is 0 Å². The molecule has 0 fully saturated rings. The highest BCUT2D eigenvalue weighted by Crippen LogP contribution is 2.25. The summed E-state index contributed by atoms with van der Waals surface area (Å²) < 4.78 is 0.686. The molecule has 0 saturated heterocycles. The zero-order chi connectivity index (χ0) is 14.0. The quantitative estimate of drug-likeness (QED) is 0.804. The van der Waals surface area contributed by atoms with Crippen molar-refractivity contribution in [1.82, 2.24) is 0 Å². The highest BCUT2D eigenvalue weighted by atomic mass is 79.9. The summed E-state index contributed by atoms with van der Waals surface area (Å²) in [7, 11) is 0. The summed E-state index contributed by atoms with van der Waals surface area (Å²) in [4.78, 5) is 12.1. The average molecular weight is 340 g/mol. The Labute approximate surface area is 124 Å². The largest absolute Gasteiger partial charge is 0.398 e. The molecule has 3 N–H and O–H groups in total. The molecule has 98 valence electrons. The van der Waals surface area contributed by atoms with Crippen LogP contribution in [0.3, 0.4) is 0 Å². The van der Waals surface area contributed by atoms with Gasteiger partial charge in [-0.1, -0.05) is 17.7 Å². The zero-order valence-electron chi connectivity index (χ0n) is 10.2. The molecule has 0 spiro atoms. The molecule has 0 aliphatic heterocycles. The second kappa shape index (κ2) is 5.63. The Kier molecular flexibility index (Phi) is 4.12. The molecular weight excluding hydrogens is 328 g/mol. The van der Waals surface area contributed by atoms with Gasteiger partial charge >= 0.3 is 0 Å². The maximum atomic E-state index is 12.1. The van der Waals surface area contributed by atoms with E-state index in [9.17, 15) is 4.79 Å². The number of benzene rings is 2. The molecular formula is C14H12BrClN2O. The van der Waals surface area contributed by atoms with E-state index in [1.165, 1.54) is 0 Å². The molecule has 0 unspecified atom stereocenters. The summed E-state index contributed by atoms with van der Waals surface area (Å²) in [6, 6.07) is 10.4. The number of halogens is 2. The van der Waals surface area contributed by atoms with Gasteiger partial charge in [-0.25, -0.2) is 0 Å². The Hall–Kier alpha value is -1.52. The lowest BCUT2D eigenvalue weighted by molar-refractivity contribution is 0.102. The van der Waals surface area contributed by atoms with E-state index in [1.807, 2.05) is 13.0 Å². The number of anilines is 2. The van der Waals surface area contributed by atoms with E-state index in [0.717, 1.165) is 5.56 Å². The minimum Gasteiger partial charge on any atom is -0.398 e. The lowest BCUT2D eigenvalue weighted by Crippen LogP contribution is -2.13. The first-order chi connectivity index (χ1) is 8.99. The van der Waals surface area contributed by atoms with Gasteiger partial charge in [-0.05, 0) is 58.7 Å². The lowest BCUT2D eigenvalue weighted by Gasteiger charge is -2.10. The van der Waals surface area contributed by atoms with Crippen LogP contribution in [0.5, 0.6) is 0 Å². The fourth-order valence-electron chi connectivity index (χ4n) is 1.62. The average Bonchev–Trinajstić information content (AvgIpc) is 2.38. The Balaban J connectivity index is 2.26. The molecule has 1 amide bonds. The highest BCUT2D eigenvalue weighted by molar-refractivity contribution is 9.10. The minimum atomic E-state index is -0.203. The van der Waals surface area contributed by atoms with E-state index in [1.54, 1.807) is 30.3 Å². The van der Waals surface area contributed by atoms with Crippen LogP contribution in [-0.2, 0) is 0 Å². The molecule has 0 aliphatic rings. The first-order valence-electron chi connectivity index (χ1n) is 5.60. The van der Waals surface area contributed by atoms with E-state index in [4.69, 9.17) is 17.3 Å². The lowest BCUT2D eigenvalue weighted by atomic mass is 10.1. The minimum absolute atomic E-state index is 0.203. The number of hydrogen-bond acceptors (Lipinski definition) is 2. The fraction of sp³-hybridized carbons (Fsp3) is 0.0714. The summed E-state index contributed by atoms with van der Waals surface area (Å²) in [5, 5.41) is 3.40. The monoisotopic (exact) mass is 338 g/mol. The predicted octanol–water partition coefficient (Wildman–Crippen LogP) is 4.25. The van der Waals surface area contributed by atoms with Crippen molar-refractivity contribution < 1.29 is 4.79 Å². The first-order valence-corrected chi connectivity index (χ1v) is 6.77. The van der Waals surface area contributed by atoms with E-state index < -0.39 is 0 Å². The SMILES string of the molecule is Cc1c(N)cccc1NC(=O)c1ccc(Cl)c(Br)c1. The smallest absolute Gasteiger partial charge is 0.255 e. The number of rotatable bonds is 2. The van der Waals surface area contributed by atoms with Gasteiger partial charge in [-0.15, -0.1) is 0 Å². The van der Waals surface area contributed by atoms with Crippen molar-refractivity contribution in [2.75, 3.05) is 11.1 Å². The summed E-state index contributed by atoms with van der Waals surface area (Å²) >= 11 is 9.19. The van der Waals surface area contributed by atoms with Crippen LogP contribution in [0.1, 0.15) is 15.9 Å². The summed E-state index contributed by atoms with van der Waals surface area (Å²) in [6.45, 7) is 1.86. The van der Waals surface area contributed by atoms with Crippen LogP contribution in [0, 0.1) is 6.92 Å². The Morgan fingerprint density at radius 3 is 2.74 bits per heavy atom. The molecule has 0 atom stereocenters. The van der Waals surface area contributed by atoms with Gasteiger partial charge in [0.05, 0.1) is 5.02 Å². The third kappa shape index (κ3) is 3.08. The zero-order valence-corrected chi connectivity index (χ0v) is 12.5.